The quantitative estimate of drug-likeness (QED) is 0.825. The third-order valence-electron chi connectivity index (χ3n) is 2.96. The number of carboxylic acids is 1. The molecule has 0 saturated carbocycles. The van der Waals surface area contributed by atoms with Crippen LogP contribution in [0.4, 0.5) is 4.39 Å². The number of nitrogens with one attached hydrogen (secondary N) is 1. The van der Waals surface area contributed by atoms with Crippen LogP contribution in [-0.2, 0) is 14.8 Å². The van der Waals surface area contributed by atoms with Gasteiger partial charge in [-0.3, -0.25) is 0 Å². The number of sulfonamides is 1. The second kappa shape index (κ2) is 6.69. The van der Waals surface area contributed by atoms with Gasteiger partial charge < -0.3 is 9.84 Å². The van der Waals surface area contributed by atoms with Gasteiger partial charge in [-0.25, -0.2) is 22.3 Å². The first-order chi connectivity index (χ1) is 9.60. The number of hydrogen-bond donors (Lipinski definition) is 2. The lowest BCUT2D eigenvalue weighted by Gasteiger charge is -2.20. The number of methoxy groups -OCH3 is 1. The zero-order valence-corrected chi connectivity index (χ0v) is 13.1. The minimum atomic E-state index is -4.05. The third kappa shape index (κ3) is 4.13. The van der Waals surface area contributed by atoms with Crippen molar-refractivity contribution >= 4 is 27.6 Å². The first kappa shape index (κ1) is 17.8. The Morgan fingerprint density at radius 2 is 2.00 bits per heavy atom. The lowest BCUT2D eigenvalue weighted by molar-refractivity contribution is 0.0691. The summed E-state index contributed by atoms with van der Waals surface area (Å²) >= 11 is 5.54. The highest BCUT2D eigenvalue weighted by atomic mass is 35.5. The van der Waals surface area contributed by atoms with Gasteiger partial charge in [-0.05, 0) is 26.0 Å². The van der Waals surface area contributed by atoms with Gasteiger partial charge >= 0.3 is 5.97 Å². The molecule has 0 spiro atoms. The van der Waals surface area contributed by atoms with Crippen molar-refractivity contribution in [1.29, 1.82) is 0 Å². The van der Waals surface area contributed by atoms with Crippen LogP contribution in [0.2, 0.25) is 5.02 Å². The van der Waals surface area contributed by atoms with Crippen molar-refractivity contribution in [2.75, 3.05) is 7.11 Å². The smallest absolute Gasteiger partial charge is 0.338 e. The number of rotatable bonds is 6. The minimum absolute atomic E-state index is 0.408. The first-order valence-corrected chi connectivity index (χ1v) is 7.73. The van der Waals surface area contributed by atoms with Crippen LogP contribution in [0.3, 0.4) is 0 Å². The van der Waals surface area contributed by atoms with Gasteiger partial charge in [0, 0.05) is 13.2 Å². The number of aromatic carboxylic acids is 1. The molecule has 0 heterocycles. The van der Waals surface area contributed by atoms with Crippen LogP contribution in [0.1, 0.15) is 24.2 Å². The van der Waals surface area contributed by atoms with Gasteiger partial charge in [-0.1, -0.05) is 11.6 Å². The molecule has 1 aromatic carbocycles. The molecule has 0 fully saturated rings. The fraction of sp³-hybridized carbons (Fsp3) is 0.417. The molecule has 0 aliphatic rings. The summed E-state index contributed by atoms with van der Waals surface area (Å²) in [6, 6.07) is 1.00. The number of ether oxygens (including phenoxy) is 1. The molecular formula is C12H15ClFNO5S. The average molecular weight is 340 g/mol. The Balaban J connectivity index is 3.24. The molecule has 21 heavy (non-hydrogen) atoms. The maximum absolute atomic E-state index is 13.5. The summed E-state index contributed by atoms with van der Waals surface area (Å²) in [4.78, 5) is 10.5. The maximum atomic E-state index is 13.5. The number of hydrogen-bond acceptors (Lipinski definition) is 4. The molecule has 2 atom stereocenters. The third-order valence-corrected chi connectivity index (χ3v) is 4.77. The van der Waals surface area contributed by atoms with Gasteiger partial charge in [-0.2, -0.15) is 0 Å². The van der Waals surface area contributed by atoms with Crippen molar-refractivity contribution < 1.29 is 27.4 Å². The van der Waals surface area contributed by atoms with E-state index in [1.807, 2.05) is 0 Å². The van der Waals surface area contributed by atoms with Crippen LogP contribution < -0.4 is 4.72 Å². The zero-order valence-electron chi connectivity index (χ0n) is 11.6. The summed E-state index contributed by atoms with van der Waals surface area (Å²) in [5.74, 6) is -2.79. The lowest BCUT2D eigenvalue weighted by Crippen LogP contribution is -2.40. The van der Waals surface area contributed by atoms with E-state index in [0.717, 1.165) is 12.1 Å². The fourth-order valence-electron chi connectivity index (χ4n) is 1.49. The van der Waals surface area contributed by atoms with Crippen molar-refractivity contribution in [3.05, 3.63) is 28.5 Å². The van der Waals surface area contributed by atoms with Gasteiger partial charge in [0.1, 0.15) is 0 Å². The van der Waals surface area contributed by atoms with Crippen LogP contribution in [0.15, 0.2) is 17.0 Å². The maximum Gasteiger partial charge on any atom is 0.338 e. The van der Waals surface area contributed by atoms with Crippen LogP contribution in [0.5, 0.6) is 0 Å². The van der Waals surface area contributed by atoms with Crippen molar-refractivity contribution in [2.24, 2.45) is 0 Å². The summed E-state index contributed by atoms with van der Waals surface area (Å²) in [6.07, 6.45) is -0.408. The molecule has 1 unspecified atom stereocenters. The van der Waals surface area contributed by atoms with Gasteiger partial charge in [-0.15, -0.1) is 0 Å². The minimum Gasteiger partial charge on any atom is -0.478 e. The second-order valence-corrected chi connectivity index (χ2v) is 6.54. The Kier molecular flexibility index (Phi) is 5.68. The highest BCUT2D eigenvalue weighted by Crippen LogP contribution is 2.24. The van der Waals surface area contributed by atoms with Crippen LogP contribution in [0, 0.1) is 5.82 Å². The topological polar surface area (TPSA) is 92.7 Å². The van der Waals surface area contributed by atoms with E-state index in [4.69, 9.17) is 21.4 Å². The number of carboxylic acid groups (broad SMARTS) is 1. The summed E-state index contributed by atoms with van der Waals surface area (Å²) in [5, 5.41) is 8.27. The predicted molar refractivity (Wildman–Crippen MR) is 74.6 cm³/mol. The fourth-order valence-corrected chi connectivity index (χ4v) is 3.13. The van der Waals surface area contributed by atoms with Gasteiger partial charge in [0.25, 0.3) is 0 Å². The summed E-state index contributed by atoms with van der Waals surface area (Å²) in [5.41, 5.74) is -0.810. The molecule has 0 aliphatic heterocycles. The Morgan fingerprint density at radius 1 is 1.43 bits per heavy atom. The average Bonchev–Trinajstić information content (AvgIpc) is 2.39. The van der Waals surface area contributed by atoms with E-state index >= 15 is 0 Å². The van der Waals surface area contributed by atoms with E-state index in [1.165, 1.54) is 7.11 Å². The van der Waals surface area contributed by atoms with E-state index in [1.54, 1.807) is 13.8 Å². The number of carbonyl (C=O) groups is 1. The zero-order chi connectivity index (χ0) is 16.4. The highest BCUT2D eigenvalue weighted by molar-refractivity contribution is 7.89. The molecule has 1 aromatic rings. The van der Waals surface area contributed by atoms with Crippen molar-refractivity contribution in [2.45, 2.75) is 30.9 Å². The molecule has 0 radical (unpaired) electrons. The van der Waals surface area contributed by atoms with E-state index in [2.05, 4.69) is 4.72 Å². The molecule has 1 rings (SSSR count). The molecule has 0 saturated heterocycles. The van der Waals surface area contributed by atoms with Gasteiger partial charge in [0.2, 0.25) is 10.0 Å². The molecular weight excluding hydrogens is 325 g/mol. The van der Waals surface area contributed by atoms with Crippen molar-refractivity contribution in [1.82, 2.24) is 4.72 Å². The Hall–Kier alpha value is -1.22. The normalized spacial score (nSPS) is 14.7. The summed E-state index contributed by atoms with van der Waals surface area (Å²) < 4.78 is 45.1. The molecule has 0 aromatic heterocycles. The number of benzene rings is 1. The summed E-state index contributed by atoms with van der Waals surface area (Å²) in [6.45, 7) is 3.24. The van der Waals surface area contributed by atoms with Crippen LogP contribution in [0.25, 0.3) is 0 Å². The molecule has 2 N–H and O–H groups in total. The van der Waals surface area contributed by atoms with E-state index in [-0.39, 0.29) is 0 Å². The first-order valence-electron chi connectivity index (χ1n) is 5.87. The largest absolute Gasteiger partial charge is 0.478 e. The Bertz CT molecular complexity index is 649. The molecule has 0 amide bonds. The predicted octanol–water partition coefficient (Wildman–Crippen LogP) is 1.88. The van der Waals surface area contributed by atoms with Crippen molar-refractivity contribution in [3.8, 4) is 0 Å². The second-order valence-electron chi connectivity index (χ2n) is 4.42. The molecule has 0 bridgehead atoms. The molecule has 118 valence electrons. The molecule has 6 nitrogen and oxygen atoms in total. The van der Waals surface area contributed by atoms with E-state index in [0.29, 0.717) is 0 Å². The monoisotopic (exact) mass is 339 g/mol. The standard InChI is InChI=1S/C12H15ClFNO5S/c1-6(7(2)20-3)15-21(18,19)8-4-9(12(16)17)11(14)10(13)5-8/h4-7,15H,1-3H3,(H,16,17)/t6-,7?/m0/s1. The molecule has 9 heteroatoms. The summed E-state index contributed by atoms with van der Waals surface area (Å²) in [7, 11) is -2.63. The van der Waals surface area contributed by atoms with Crippen LogP contribution >= 0.6 is 11.6 Å². The highest BCUT2D eigenvalue weighted by Gasteiger charge is 2.25. The van der Waals surface area contributed by atoms with E-state index in [9.17, 15) is 17.6 Å². The SMILES string of the molecule is COC(C)[C@H](C)NS(=O)(=O)c1cc(Cl)c(F)c(C(=O)O)c1. The molecule has 0 aliphatic carbocycles. The van der Waals surface area contributed by atoms with Crippen molar-refractivity contribution in [3.63, 3.8) is 0 Å². The Labute approximate surface area is 126 Å². The number of halogens is 2. The van der Waals surface area contributed by atoms with Crippen LogP contribution in [-0.4, -0.2) is 38.7 Å². The van der Waals surface area contributed by atoms with Gasteiger partial charge in [0.05, 0.1) is 21.6 Å². The van der Waals surface area contributed by atoms with E-state index < -0.39 is 49.4 Å². The lowest BCUT2D eigenvalue weighted by atomic mass is 10.2. The van der Waals surface area contributed by atoms with Gasteiger partial charge in [0.15, 0.2) is 5.82 Å². The Morgan fingerprint density at radius 3 is 2.48 bits per heavy atom.